The van der Waals surface area contributed by atoms with Gasteiger partial charge < -0.3 is 10.1 Å². The number of nitrogens with zero attached hydrogens (tertiary/aromatic N) is 1. The number of hydrogen-bond acceptors (Lipinski definition) is 3. The van der Waals surface area contributed by atoms with Gasteiger partial charge in [0, 0.05) is 30.3 Å². The van der Waals surface area contributed by atoms with Gasteiger partial charge in [0.25, 0.3) is 0 Å². The molecule has 0 aliphatic carbocycles. The van der Waals surface area contributed by atoms with E-state index >= 15 is 0 Å². The molecule has 70 valence electrons. The smallest absolute Gasteiger partial charge is 0.129 e. The average molecular weight is 178 g/mol. The fourth-order valence-corrected chi connectivity index (χ4v) is 1.43. The molecule has 13 heavy (non-hydrogen) atoms. The van der Waals surface area contributed by atoms with Crippen LogP contribution in [0.3, 0.4) is 0 Å². The second kappa shape index (κ2) is 3.24. The number of pyridine rings is 1. The Bertz CT molecular complexity index is 310. The lowest BCUT2D eigenvalue weighted by atomic mass is 10.2. The molecule has 0 amide bonds. The van der Waals surface area contributed by atoms with Crippen molar-refractivity contribution < 1.29 is 4.74 Å². The van der Waals surface area contributed by atoms with Crippen LogP contribution in [0.5, 0.6) is 5.75 Å². The van der Waals surface area contributed by atoms with E-state index in [0.717, 1.165) is 24.6 Å². The lowest BCUT2D eigenvalue weighted by Gasteiger charge is -2.09. The Hall–Kier alpha value is -1.25. The molecule has 0 atom stereocenters. The van der Waals surface area contributed by atoms with Crippen LogP contribution in [0.4, 0.5) is 5.82 Å². The Morgan fingerprint density at radius 2 is 2.38 bits per heavy atom. The van der Waals surface area contributed by atoms with Gasteiger partial charge in [-0.15, -0.1) is 0 Å². The van der Waals surface area contributed by atoms with Crippen molar-refractivity contribution in [3.05, 3.63) is 17.8 Å². The van der Waals surface area contributed by atoms with Gasteiger partial charge >= 0.3 is 0 Å². The predicted octanol–water partition coefficient (Wildman–Crippen LogP) is 1.84. The molecule has 0 radical (unpaired) electrons. The molecule has 2 rings (SSSR count). The first kappa shape index (κ1) is 8.35. The summed E-state index contributed by atoms with van der Waals surface area (Å²) in [6.07, 6.45) is 2.89. The van der Waals surface area contributed by atoms with Crippen molar-refractivity contribution in [2.45, 2.75) is 26.3 Å². The van der Waals surface area contributed by atoms with E-state index < -0.39 is 0 Å². The molecule has 1 aliphatic heterocycles. The van der Waals surface area contributed by atoms with Gasteiger partial charge in [-0.1, -0.05) is 0 Å². The maximum atomic E-state index is 5.44. The van der Waals surface area contributed by atoms with E-state index in [0.29, 0.717) is 6.04 Å². The van der Waals surface area contributed by atoms with Crippen molar-refractivity contribution in [1.29, 1.82) is 0 Å². The highest BCUT2D eigenvalue weighted by atomic mass is 16.5. The van der Waals surface area contributed by atoms with Gasteiger partial charge in [0.05, 0.1) is 6.61 Å². The third kappa shape index (κ3) is 1.74. The second-order valence-electron chi connectivity index (χ2n) is 3.57. The Morgan fingerprint density at radius 3 is 3.15 bits per heavy atom. The minimum absolute atomic E-state index is 0.409. The fourth-order valence-electron chi connectivity index (χ4n) is 1.43. The van der Waals surface area contributed by atoms with Gasteiger partial charge in [0.1, 0.15) is 11.6 Å². The van der Waals surface area contributed by atoms with E-state index in [4.69, 9.17) is 4.74 Å². The lowest BCUT2D eigenvalue weighted by Crippen LogP contribution is -2.10. The van der Waals surface area contributed by atoms with Crippen LogP contribution in [0.2, 0.25) is 0 Å². The SMILES string of the molecule is CC(C)Nc1cc2c(cn1)CCO2. The molecule has 1 aromatic rings. The predicted molar refractivity (Wildman–Crippen MR) is 52.2 cm³/mol. The van der Waals surface area contributed by atoms with E-state index in [-0.39, 0.29) is 0 Å². The van der Waals surface area contributed by atoms with Crippen molar-refractivity contribution in [1.82, 2.24) is 4.98 Å². The zero-order valence-corrected chi connectivity index (χ0v) is 8.00. The van der Waals surface area contributed by atoms with Crippen LogP contribution < -0.4 is 10.1 Å². The zero-order valence-electron chi connectivity index (χ0n) is 8.00. The highest BCUT2D eigenvalue weighted by Gasteiger charge is 2.12. The van der Waals surface area contributed by atoms with Gasteiger partial charge in [-0.2, -0.15) is 0 Å². The van der Waals surface area contributed by atoms with E-state index in [1.807, 2.05) is 12.3 Å². The quantitative estimate of drug-likeness (QED) is 0.750. The molecule has 1 aromatic heterocycles. The Morgan fingerprint density at radius 1 is 1.54 bits per heavy atom. The largest absolute Gasteiger partial charge is 0.493 e. The Balaban J connectivity index is 2.21. The molecule has 0 unspecified atom stereocenters. The molecule has 3 nitrogen and oxygen atoms in total. The normalized spacial score (nSPS) is 14.1. The third-order valence-corrected chi connectivity index (χ3v) is 2.01. The summed E-state index contributed by atoms with van der Waals surface area (Å²) in [5.74, 6) is 1.88. The summed E-state index contributed by atoms with van der Waals surface area (Å²) in [6.45, 7) is 4.98. The first-order chi connectivity index (χ1) is 6.25. The molecule has 0 aromatic carbocycles. The highest BCUT2D eigenvalue weighted by molar-refractivity contribution is 5.46. The molecule has 0 saturated carbocycles. The fraction of sp³-hybridized carbons (Fsp3) is 0.500. The maximum absolute atomic E-state index is 5.44. The summed E-state index contributed by atoms with van der Waals surface area (Å²) < 4.78 is 5.44. The van der Waals surface area contributed by atoms with Crippen LogP contribution in [0.25, 0.3) is 0 Å². The number of hydrogen-bond donors (Lipinski definition) is 1. The molecule has 3 heteroatoms. The third-order valence-electron chi connectivity index (χ3n) is 2.01. The number of anilines is 1. The molecule has 0 fully saturated rings. The molecular formula is C10H14N2O. The van der Waals surface area contributed by atoms with Gasteiger partial charge in [-0.05, 0) is 13.8 Å². The summed E-state index contributed by atoms with van der Waals surface area (Å²) in [5.41, 5.74) is 1.22. The lowest BCUT2D eigenvalue weighted by molar-refractivity contribution is 0.357. The minimum Gasteiger partial charge on any atom is -0.493 e. The van der Waals surface area contributed by atoms with E-state index in [9.17, 15) is 0 Å². The summed E-state index contributed by atoms with van der Waals surface area (Å²) in [5, 5.41) is 3.24. The van der Waals surface area contributed by atoms with Crippen molar-refractivity contribution in [2.75, 3.05) is 11.9 Å². The molecule has 1 N–H and O–H groups in total. The Labute approximate surface area is 78.1 Å². The second-order valence-corrected chi connectivity index (χ2v) is 3.57. The summed E-state index contributed by atoms with van der Waals surface area (Å²) >= 11 is 0. The van der Waals surface area contributed by atoms with Gasteiger partial charge in [0.15, 0.2) is 0 Å². The standard InChI is InChI=1S/C10H14N2O/c1-7(2)12-10-5-9-8(6-11-10)3-4-13-9/h5-7H,3-4H2,1-2H3,(H,11,12). The molecule has 0 saturated heterocycles. The topological polar surface area (TPSA) is 34.2 Å². The number of ether oxygens (including phenoxy) is 1. The number of rotatable bonds is 2. The number of aromatic nitrogens is 1. The zero-order chi connectivity index (χ0) is 9.26. The first-order valence-corrected chi connectivity index (χ1v) is 4.64. The number of fused-ring (bicyclic) bond motifs is 1. The van der Waals surface area contributed by atoms with E-state index in [1.165, 1.54) is 5.56 Å². The van der Waals surface area contributed by atoms with Crippen molar-refractivity contribution >= 4 is 5.82 Å². The summed E-state index contributed by atoms with van der Waals surface area (Å²) in [7, 11) is 0. The van der Waals surface area contributed by atoms with Crippen molar-refractivity contribution in [3.63, 3.8) is 0 Å². The first-order valence-electron chi connectivity index (χ1n) is 4.64. The van der Waals surface area contributed by atoms with Crippen LogP contribution >= 0.6 is 0 Å². The van der Waals surface area contributed by atoms with Gasteiger partial charge in [-0.3, -0.25) is 0 Å². The average Bonchev–Trinajstić information content (AvgIpc) is 2.49. The summed E-state index contributed by atoms with van der Waals surface area (Å²) in [6, 6.07) is 2.38. The van der Waals surface area contributed by atoms with Gasteiger partial charge in [0.2, 0.25) is 0 Å². The van der Waals surface area contributed by atoms with Crippen LogP contribution in [0.15, 0.2) is 12.3 Å². The molecule has 2 heterocycles. The number of nitrogens with one attached hydrogen (secondary N) is 1. The molecule has 0 bridgehead atoms. The van der Waals surface area contributed by atoms with E-state index in [1.54, 1.807) is 0 Å². The molecule has 0 spiro atoms. The van der Waals surface area contributed by atoms with Crippen molar-refractivity contribution in [2.24, 2.45) is 0 Å². The summed E-state index contributed by atoms with van der Waals surface area (Å²) in [4.78, 5) is 4.30. The van der Waals surface area contributed by atoms with Crippen LogP contribution in [-0.4, -0.2) is 17.6 Å². The molecule has 1 aliphatic rings. The monoisotopic (exact) mass is 178 g/mol. The Kier molecular flexibility index (Phi) is 2.08. The van der Waals surface area contributed by atoms with Crippen molar-refractivity contribution in [3.8, 4) is 5.75 Å². The highest BCUT2D eigenvalue weighted by Crippen LogP contribution is 2.26. The van der Waals surface area contributed by atoms with Crippen LogP contribution in [0.1, 0.15) is 19.4 Å². The van der Waals surface area contributed by atoms with E-state index in [2.05, 4.69) is 24.1 Å². The van der Waals surface area contributed by atoms with Crippen LogP contribution in [0, 0.1) is 0 Å². The maximum Gasteiger partial charge on any atom is 0.129 e. The molecular weight excluding hydrogens is 164 g/mol. The minimum atomic E-state index is 0.409. The van der Waals surface area contributed by atoms with Gasteiger partial charge in [-0.25, -0.2) is 4.98 Å². The van der Waals surface area contributed by atoms with Crippen LogP contribution in [-0.2, 0) is 6.42 Å².